The van der Waals surface area contributed by atoms with Crippen LogP contribution in [0.3, 0.4) is 0 Å². The maximum absolute atomic E-state index is 12.9. The van der Waals surface area contributed by atoms with Crippen LogP contribution in [0.4, 0.5) is 5.69 Å². The van der Waals surface area contributed by atoms with E-state index in [9.17, 15) is 13.2 Å². The highest BCUT2D eigenvalue weighted by Gasteiger charge is 2.31. The second-order valence-electron chi connectivity index (χ2n) is 7.08. The molecule has 1 atom stereocenters. The van der Waals surface area contributed by atoms with E-state index in [1.807, 2.05) is 0 Å². The van der Waals surface area contributed by atoms with Gasteiger partial charge in [0.1, 0.15) is 11.8 Å². The Hall–Kier alpha value is -2.25. The van der Waals surface area contributed by atoms with Crippen molar-refractivity contribution in [2.45, 2.75) is 46.2 Å². The number of hydrogen-bond donors (Lipinski definition) is 1. The standard InChI is InChI=1S/C22H29ClN2O4S/c1-6-16-8-9-17(7-2)18(12-16)14-24-22(26)15(3)25(30(5,27)28)20-13-19(23)10-11-21(20)29-4/h8-13,15H,6-7,14H2,1-5H3,(H,24,26)/t15-/m0/s1. The molecule has 0 heterocycles. The molecule has 0 unspecified atom stereocenters. The number of hydrogen-bond acceptors (Lipinski definition) is 4. The van der Waals surface area contributed by atoms with Crippen molar-refractivity contribution in [2.75, 3.05) is 17.7 Å². The maximum atomic E-state index is 12.9. The molecular weight excluding hydrogens is 424 g/mol. The molecule has 6 nitrogen and oxygen atoms in total. The van der Waals surface area contributed by atoms with Crippen molar-refractivity contribution in [3.05, 3.63) is 58.1 Å². The first-order chi connectivity index (χ1) is 14.1. The molecule has 2 aromatic rings. The smallest absolute Gasteiger partial charge is 0.243 e. The van der Waals surface area contributed by atoms with Crippen LogP contribution in [0.5, 0.6) is 5.75 Å². The van der Waals surface area contributed by atoms with Crippen molar-refractivity contribution in [1.29, 1.82) is 0 Å². The molecule has 0 radical (unpaired) electrons. The van der Waals surface area contributed by atoms with Crippen LogP contribution in [0.1, 0.15) is 37.5 Å². The molecule has 0 fully saturated rings. The van der Waals surface area contributed by atoms with Crippen molar-refractivity contribution in [3.8, 4) is 5.75 Å². The molecule has 8 heteroatoms. The highest BCUT2D eigenvalue weighted by atomic mass is 35.5. The minimum Gasteiger partial charge on any atom is -0.495 e. The number of rotatable bonds is 9. The number of aryl methyl sites for hydroxylation is 2. The Morgan fingerprint density at radius 1 is 1.13 bits per heavy atom. The number of halogens is 1. The lowest BCUT2D eigenvalue weighted by Gasteiger charge is -2.29. The normalized spacial score (nSPS) is 12.3. The van der Waals surface area contributed by atoms with Gasteiger partial charge in [-0.05, 0) is 54.7 Å². The number of sulfonamides is 1. The number of carbonyl (C=O) groups excluding carboxylic acids is 1. The minimum atomic E-state index is -3.78. The van der Waals surface area contributed by atoms with E-state index in [1.54, 1.807) is 19.1 Å². The lowest BCUT2D eigenvalue weighted by molar-refractivity contribution is -0.122. The van der Waals surface area contributed by atoms with E-state index >= 15 is 0 Å². The summed E-state index contributed by atoms with van der Waals surface area (Å²) in [6.45, 7) is 6.00. The van der Waals surface area contributed by atoms with Gasteiger partial charge in [0.25, 0.3) is 0 Å². The quantitative estimate of drug-likeness (QED) is 0.625. The van der Waals surface area contributed by atoms with Crippen LogP contribution >= 0.6 is 11.6 Å². The number of methoxy groups -OCH3 is 1. The average Bonchev–Trinajstić information content (AvgIpc) is 2.70. The van der Waals surface area contributed by atoms with E-state index in [4.69, 9.17) is 16.3 Å². The van der Waals surface area contributed by atoms with Crippen molar-refractivity contribution in [1.82, 2.24) is 5.32 Å². The third-order valence-corrected chi connectivity index (χ3v) is 6.44. The van der Waals surface area contributed by atoms with Crippen LogP contribution in [0.15, 0.2) is 36.4 Å². The Balaban J connectivity index is 2.31. The lowest BCUT2D eigenvalue weighted by atomic mass is 10.0. The number of nitrogens with zero attached hydrogens (tertiary/aromatic N) is 1. The van der Waals surface area contributed by atoms with Gasteiger partial charge in [-0.15, -0.1) is 0 Å². The first kappa shape index (κ1) is 24.0. The molecule has 0 bridgehead atoms. The largest absolute Gasteiger partial charge is 0.495 e. The summed E-state index contributed by atoms with van der Waals surface area (Å²) in [6.07, 6.45) is 2.80. The van der Waals surface area contributed by atoms with Gasteiger partial charge in [0.15, 0.2) is 0 Å². The number of nitrogens with one attached hydrogen (secondary N) is 1. The molecule has 164 valence electrons. The Kier molecular flexibility index (Phi) is 8.15. The molecular formula is C22H29ClN2O4S. The van der Waals surface area contributed by atoms with Crippen LogP contribution in [0.25, 0.3) is 0 Å². The number of ether oxygens (including phenoxy) is 1. The molecule has 1 N–H and O–H groups in total. The summed E-state index contributed by atoms with van der Waals surface area (Å²) >= 11 is 6.08. The molecule has 1 amide bonds. The summed E-state index contributed by atoms with van der Waals surface area (Å²) in [5.41, 5.74) is 3.59. The zero-order valence-corrected chi connectivity index (χ0v) is 19.6. The maximum Gasteiger partial charge on any atom is 0.243 e. The van der Waals surface area contributed by atoms with Crippen molar-refractivity contribution in [2.24, 2.45) is 0 Å². The molecule has 0 aliphatic carbocycles. The average molecular weight is 453 g/mol. The van der Waals surface area contributed by atoms with Crippen molar-refractivity contribution < 1.29 is 17.9 Å². The Bertz CT molecular complexity index is 1010. The topological polar surface area (TPSA) is 75.7 Å². The van der Waals surface area contributed by atoms with Crippen LogP contribution in [-0.4, -0.2) is 33.7 Å². The predicted octanol–water partition coefficient (Wildman–Crippen LogP) is 3.94. The van der Waals surface area contributed by atoms with Crippen molar-refractivity contribution >= 4 is 33.2 Å². The molecule has 0 saturated heterocycles. The first-order valence-electron chi connectivity index (χ1n) is 9.83. The molecule has 2 aromatic carbocycles. The second kappa shape index (κ2) is 10.2. The number of anilines is 1. The fourth-order valence-corrected chi connectivity index (χ4v) is 4.69. The second-order valence-corrected chi connectivity index (χ2v) is 9.37. The summed E-state index contributed by atoms with van der Waals surface area (Å²) in [5, 5.41) is 3.22. The SMILES string of the molecule is CCc1ccc(CC)c(CNC(=O)[C@H](C)N(c2cc(Cl)ccc2OC)S(C)(=O)=O)c1. The molecule has 0 saturated carbocycles. The molecule has 0 aliphatic rings. The first-order valence-corrected chi connectivity index (χ1v) is 12.1. The van der Waals surface area contributed by atoms with Gasteiger partial charge < -0.3 is 10.1 Å². The van der Waals surface area contributed by atoms with E-state index in [0.717, 1.165) is 34.5 Å². The Morgan fingerprint density at radius 3 is 2.40 bits per heavy atom. The van der Waals surface area contributed by atoms with E-state index in [-0.39, 0.29) is 5.69 Å². The van der Waals surface area contributed by atoms with Gasteiger partial charge >= 0.3 is 0 Å². The van der Waals surface area contributed by atoms with E-state index in [1.165, 1.54) is 18.7 Å². The summed E-state index contributed by atoms with van der Waals surface area (Å²) in [6, 6.07) is 9.90. The van der Waals surface area contributed by atoms with Crippen LogP contribution < -0.4 is 14.4 Å². The highest BCUT2D eigenvalue weighted by Crippen LogP contribution is 2.34. The van der Waals surface area contributed by atoms with Gasteiger partial charge in [0.2, 0.25) is 15.9 Å². The van der Waals surface area contributed by atoms with Gasteiger partial charge in [-0.25, -0.2) is 8.42 Å². The highest BCUT2D eigenvalue weighted by molar-refractivity contribution is 7.92. The summed E-state index contributed by atoms with van der Waals surface area (Å²) in [4.78, 5) is 12.9. The van der Waals surface area contributed by atoms with Crippen LogP contribution in [0, 0.1) is 0 Å². The molecule has 0 spiro atoms. The van der Waals surface area contributed by atoms with Gasteiger partial charge in [0, 0.05) is 11.6 Å². The fourth-order valence-electron chi connectivity index (χ4n) is 3.36. The summed E-state index contributed by atoms with van der Waals surface area (Å²) < 4.78 is 31.5. The molecule has 30 heavy (non-hydrogen) atoms. The monoisotopic (exact) mass is 452 g/mol. The van der Waals surface area contributed by atoms with Crippen LogP contribution in [-0.2, 0) is 34.2 Å². The Morgan fingerprint density at radius 2 is 1.83 bits per heavy atom. The zero-order chi connectivity index (χ0) is 22.5. The van der Waals surface area contributed by atoms with Gasteiger partial charge in [-0.3, -0.25) is 9.10 Å². The number of carbonyl (C=O) groups is 1. The predicted molar refractivity (Wildman–Crippen MR) is 122 cm³/mol. The van der Waals surface area contributed by atoms with E-state index in [2.05, 4.69) is 37.4 Å². The van der Waals surface area contributed by atoms with Gasteiger partial charge in [-0.2, -0.15) is 0 Å². The third kappa shape index (κ3) is 5.67. The van der Waals surface area contributed by atoms with Gasteiger partial charge in [0.05, 0.1) is 19.1 Å². The number of amides is 1. The van der Waals surface area contributed by atoms with E-state index in [0.29, 0.717) is 17.3 Å². The summed E-state index contributed by atoms with van der Waals surface area (Å²) in [5.74, 6) is -0.0974. The lowest BCUT2D eigenvalue weighted by Crippen LogP contribution is -2.47. The molecule has 0 aliphatic heterocycles. The zero-order valence-electron chi connectivity index (χ0n) is 18.0. The van der Waals surface area contributed by atoms with Gasteiger partial charge in [-0.1, -0.05) is 43.6 Å². The minimum absolute atomic E-state index is 0.220. The third-order valence-electron chi connectivity index (χ3n) is 4.98. The number of benzene rings is 2. The Labute approximate surface area is 184 Å². The fraction of sp³-hybridized carbons (Fsp3) is 0.409. The van der Waals surface area contributed by atoms with E-state index < -0.39 is 22.0 Å². The van der Waals surface area contributed by atoms with Crippen LogP contribution in [0.2, 0.25) is 5.02 Å². The molecule has 2 rings (SSSR count). The molecule has 0 aromatic heterocycles. The van der Waals surface area contributed by atoms with Crippen molar-refractivity contribution in [3.63, 3.8) is 0 Å². The summed E-state index contributed by atoms with van der Waals surface area (Å²) in [7, 11) is -2.35.